The van der Waals surface area contributed by atoms with Crippen LogP contribution in [-0.2, 0) is 6.42 Å². The molecule has 3 nitrogen and oxygen atoms in total. The maximum Gasteiger partial charge on any atom is 0.135 e. The van der Waals surface area contributed by atoms with Crippen LogP contribution in [0.4, 0.5) is 5.69 Å². The zero-order valence-electron chi connectivity index (χ0n) is 42.7. The van der Waals surface area contributed by atoms with Gasteiger partial charge >= 0.3 is 0 Å². The van der Waals surface area contributed by atoms with Gasteiger partial charge in [0, 0.05) is 72.0 Å². The fraction of sp³-hybridized carbons (Fsp3) is 0.0137. The van der Waals surface area contributed by atoms with E-state index in [0.29, 0.717) is 0 Å². The van der Waals surface area contributed by atoms with Crippen molar-refractivity contribution >= 4 is 129 Å². The quantitative estimate of drug-likeness (QED) is 0.169. The molecule has 0 amide bonds. The van der Waals surface area contributed by atoms with E-state index in [1.807, 2.05) is 83.3 Å². The maximum atomic E-state index is 6.00. The molecule has 0 aliphatic carbocycles. The summed E-state index contributed by atoms with van der Waals surface area (Å²) in [7, 11) is 0. The van der Waals surface area contributed by atoms with Crippen molar-refractivity contribution in [3.63, 3.8) is 0 Å². The molecular formula is C73H48BrNO2S2. The molecule has 16 aromatic rings. The lowest BCUT2D eigenvalue weighted by atomic mass is 9.97. The van der Waals surface area contributed by atoms with Crippen LogP contribution in [0.25, 0.3) is 129 Å². The van der Waals surface area contributed by atoms with E-state index in [2.05, 4.69) is 222 Å². The zero-order valence-corrected chi connectivity index (χ0v) is 45.9. The Morgan fingerprint density at radius 1 is 0.278 bits per heavy atom. The summed E-state index contributed by atoms with van der Waals surface area (Å²) in [5, 5.41) is 10.0. The number of anilines is 1. The standard InChI is InChI=1S/C37H24OS.C18H11BrS.C18H13NO/c1-3-7-34-30(5-1)32-22-28(17-19-35(32)38-34)26-13-9-24(10-14-26)21-25-11-15-27(16-12-25)29-18-20-37-33(23-29)31-6-2-4-8-36(31)39-37;2*19-14-8-5-12(6-9-14)13-7-10-18-16(11-13)15-3-1-2-4-17(15)20-18/h1-20,22-23H,21H2;1-11H;1-11H,19H2. The van der Waals surface area contributed by atoms with E-state index in [-0.39, 0.29) is 0 Å². The van der Waals surface area contributed by atoms with Crippen molar-refractivity contribution in [1.82, 2.24) is 0 Å². The number of rotatable bonds is 6. The molecule has 0 radical (unpaired) electrons. The second-order valence-corrected chi connectivity index (χ2v) is 23.0. The van der Waals surface area contributed by atoms with Gasteiger partial charge in [0.05, 0.1) is 0 Å². The number of nitrogens with two attached hydrogens (primary N) is 1. The van der Waals surface area contributed by atoms with E-state index < -0.39 is 0 Å². The molecule has 0 unspecified atom stereocenters. The normalized spacial score (nSPS) is 11.5. The highest BCUT2D eigenvalue weighted by molar-refractivity contribution is 9.10. The highest BCUT2D eigenvalue weighted by Crippen LogP contribution is 2.39. The Bertz CT molecular complexity index is 4560. The van der Waals surface area contributed by atoms with Crippen LogP contribution in [0.5, 0.6) is 0 Å². The molecule has 376 valence electrons. The second kappa shape index (κ2) is 20.7. The minimum absolute atomic E-state index is 0.781. The number of para-hydroxylation sites is 2. The van der Waals surface area contributed by atoms with Crippen LogP contribution < -0.4 is 5.73 Å². The first-order valence-corrected chi connectivity index (χ1v) is 28.8. The molecule has 0 aliphatic rings. The predicted molar refractivity (Wildman–Crippen MR) is 343 cm³/mol. The summed E-state index contributed by atoms with van der Waals surface area (Å²) in [5.41, 5.74) is 22.7. The van der Waals surface area contributed by atoms with Crippen molar-refractivity contribution in [1.29, 1.82) is 0 Å². The van der Waals surface area contributed by atoms with Crippen LogP contribution >= 0.6 is 38.6 Å². The summed E-state index contributed by atoms with van der Waals surface area (Å²) in [5.74, 6) is 0. The molecule has 0 spiro atoms. The van der Waals surface area contributed by atoms with Crippen LogP contribution in [-0.4, -0.2) is 0 Å². The molecule has 0 saturated heterocycles. The zero-order chi connectivity index (χ0) is 52.8. The van der Waals surface area contributed by atoms with E-state index >= 15 is 0 Å². The lowest BCUT2D eigenvalue weighted by Crippen LogP contribution is -1.89. The molecule has 0 aliphatic heterocycles. The Labute approximate surface area is 473 Å². The Morgan fingerprint density at radius 2 is 0.595 bits per heavy atom. The molecule has 12 aromatic carbocycles. The van der Waals surface area contributed by atoms with Gasteiger partial charge in [-0.1, -0.05) is 186 Å². The Morgan fingerprint density at radius 3 is 1.04 bits per heavy atom. The van der Waals surface area contributed by atoms with Crippen LogP contribution in [0.15, 0.2) is 280 Å². The summed E-state index contributed by atoms with van der Waals surface area (Å²) in [6, 6.07) is 94.4. The van der Waals surface area contributed by atoms with Crippen LogP contribution in [0.1, 0.15) is 11.1 Å². The smallest absolute Gasteiger partial charge is 0.135 e. The first-order chi connectivity index (χ1) is 38.9. The summed E-state index contributed by atoms with van der Waals surface area (Å²) in [4.78, 5) is 0. The van der Waals surface area contributed by atoms with E-state index in [9.17, 15) is 0 Å². The lowest BCUT2D eigenvalue weighted by Gasteiger charge is -2.07. The molecule has 4 heterocycles. The lowest BCUT2D eigenvalue weighted by molar-refractivity contribution is 0.668. The van der Waals surface area contributed by atoms with Gasteiger partial charge in [-0.15, -0.1) is 22.7 Å². The van der Waals surface area contributed by atoms with Crippen LogP contribution in [0.2, 0.25) is 0 Å². The third-order valence-corrected chi connectivity index (χ3v) is 17.7. The van der Waals surface area contributed by atoms with Crippen molar-refractivity contribution < 1.29 is 8.83 Å². The highest BCUT2D eigenvalue weighted by atomic mass is 79.9. The SMILES string of the molecule is Brc1ccc(-c2ccc3sc4ccccc4c3c2)cc1.Nc1ccc(-c2ccc3oc4ccccc4c3c2)cc1.c1ccc2c(c1)oc1ccc(-c3ccc(Cc4ccc(-c5ccc6sc7ccccc7c6c5)cc4)cc3)cc12. The minimum atomic E-state index is 0.781. The first-order valence-electron chi connectivity index (χ1n) is 26.4. The fourth-order valence-electron chi connectivity index (χ4n) is 10.8. The van der Waals surface area contributed by atoms with Crippen LogP contribution in [0.3, 0.4) is 0 Å². The Hall–Kier alpha value is -9.04. The van der Waals surface area contributed by atoms with E-state index in [0.717, 1.165) is 60.6 Å². The largest absolute Gasteiger partial charge is 0.456 e. The van der Waals surface area contributed by atoms with Gasteiger partial charge in [0.15, 0.2) is 0 Å². The second-order valence-electron chi connectivity index (χ2n) is 19.9. The fourth-order valence-corrected chi connectivity index (χ4v) is 13.2. The van der Waals surface area contributed by atoms with Gasteiger partial charge in [-0.2, -0.15) is 0 Å². The Balaban J connectivity index is 0.000000118. The molecule has 0 atom stereocenters. The van der Waals surface area contributed by atoms with E-state index in [1.165, 1.54) is 95.8 Å². The van der Waals surface area contributed by atoms with Crippen molar-refractivity contribution in [2.75, 3.05) is 5.73 Å². The van der Waals surface area contributed by atoms with Gasteiger partial charge in [0.25, 0.3) is 0 Å². The predicted octanol–water partition coefficient (Wildman–Crippen LogP) is 22.2. The van der Waals surface area contributed by atoms with Crippen molar-refractivity contribution in [2.24, 2.45) is 0 Å². The average molecular weight is 1120 g/mol. The van der Waals surface area contributed by atoms with Crippen molar-refractivity contribution in [2.45, 2.75) is 6.42 Å². The summed E-state index contributed by atoms with van der Waals surface area (Å²) in [6.07, 6.45) is 0.917. The topological polar surface area (TPSA) is 52.3 Å². The number of thiophene rings is 2. The highest BCUT2D eigenvalue weighted by Gasteiger charge is 2.12. The third kappa shape index (κ3) is 9.65. The van der Waals surface area contributed by atoms with Gasteiger partial charge in [-0.25, -0.2) is 0 Å². The van der Waals surface area contributed by atoms with Crippen molar-refractivity contribution in [3.05, 3.63) is 283 Å². The number of hydrogen-bond donors (Lipinski definition) is 1. The van der Waals surface area contributed by atoms with Gasteiger partial charge < -0.3 is 14.6 Å². The van der Waals surface area contributed by atoms with Gasteiger partial charge in [-0.05, 0) is 159 Å². The number of nitrogen functional groups attached to an aromatic ring is 1. The van der Waals surface area contributed by atoms with E-state index in [1.54, 1.807) is 0 Å². The molecule has 6 heteroatoms. The monoisotopic (exact) mass is 1110 g/mol. The van der Waals surface area contributed by atoms with Gasteiger partial charge in [0.2, 0.25) is 0 Å². The molecule has 0 fully saturated rings. The summed E-state index contributed by atoms with van der Waals surface area (Å²) < 4.78 is 18.4. The molecule has 79 heavy (non-hydrogen) atoms. The molecule has 4 aromatic heterocycles. The van der Waals surface area contributed by atoms with E-state index in [4.69, 9.17) is 14.6 Å². The third-order valence-electron chi connectivity index (χ3n) is 14.9. The number of hydrogen-bond acceptors (Lipinski definition) is 5. The Kier molecular flexibility index (Phi) is 12.7. The van der Waals surface area contributed by atoms with Gasteiger partial charge in [0.1, 0.15) is 22.3 Å². The van der Waals surface area contributed by atoms with Crippen molar-refractivity contribution in [3.8, 4) is 44.5 Å². The number of fused-ring (bicyclic) bond motifs is 12. The van der Waals surface area contributed by atoms with Crippen LogP contribution in [0, 0.1) is 0 Å². The summed E-state index contributed by atoms with van der Waals surface area (Å²) >= 11 is 7.21. The number of halogens is 1. The first kappa shape index (κ1) is 48.3. The summed E-state index contributed by atoms with van der Waals surface area (Å²) in [6.45, 7) is 0. The number of furan rings is 2. The maximum absolute atomic E-state index is 6.00. The number of benzene rings is 12. The minimum Gasteiger partial charge on any atom is -0.456 e. The molecule has 2 N–H and O–H groups in total. The van der Waals surface area contributed by atoms with Gasteiger partial charge in [-0.3, -0.25) is 0 Å². The molecule has 0 bridgehead atoms. The average Bonchev–Trinajstić information content (AvgIpc) is 4.35. The molecule has 16 rings (SSSR count). The molecule has 0 saturated carbocycles. The molecular weight excluding hydrogens is 1070 g/mol.